The van der Waals surface area contributed by atoms with E-state index in [0.29, 0.717) is 11.1 Å². The SMILES string of the molecule is Cc1ccc2c(=O)n(-c3ccc(S(N)(=O)=O)cc3)sc2c1. The van der Waals surface area contributed by atoms with Crippen LogP contribution in [0.1, 0.15) is 5.56 Å². The van der Waals surface area contributed by atoms with Crippen LogP contribution < -0.4 is 10.7 Å². The molecule has 0 aliphatic rings. The third-order valence-corrected chi connectivity index (χ3v) is 5.16. The van der Waals surface area contributed by atoms with Gasteiger partial charge >= 0.3 is 0 Å². The van der Waals surface area contributed by atoms with Gasteiger partial charge < -0.3 is 0 Å². The molecule has 7 heteroatoms. The molecule has 0 unspecified atom stereocenters. The quantitative estimate of drug-likeness (QED) is 0.784. The van der Waals surface area contributed by atoms with Gasteiger partial charge in [0.25, 0.3) is 5.56 Å². The lowest BCUT2D eigenvalue weighted by Gasteiger charge is -2.01. The summed E-state index contributed by atoms with van der Waals surface area (Å²) >= 11 is 1.33. The van der Waals surface area contributed by atoms with Gasteiger partial charge in [-0.05, 0) is 48.9 Å². The molecule has 0 saturated heterocycles. The first kappa shape index (κ1) is 14.0. The molecular weight excluding hydrogens is 308 g/mol. The van der Waals surface area contributed by atoms with Crippen LogP contribution in [0, 0.1) is 6.92 Å². The van der Waals surface area contributed by atoms with E-state index in [0.717, 1.165) is 10.3 Å². The molecular formula is C14H12N2O3S2. The molecule has 2 aromatic carbocycles. The molecule has 0 fully saturated rings. The van der Waals surface area contributed by atoms with E-state index < -0.39 is 10.0 Å². The Balaban J connectivity index is 2.17. The Hall–Kier alpha value is -1.96. The average molecular weight is 320 g/mol. The van der Waals surface area contributed by atoms with Crippen LogP contribution >= 0.6 is 11.5 Å². The largest absolute Gasteiger partial charge is 0.273 e. The van der Waals surface area contributed by atoms with Gasteiger partial charge in [0, 0.05) is 0 Å². The van der Waals surface area contributed by atoms with Crippen LogP contribution in [0.3, 0.4) is 0 Å². The Kier molecular flexibility index (Phi) is 3.20. The van der Waals surface area contributed by atoms with Crippen molar-refractivity contribution in [1.82, 2.24) is 3.96 Å². The Labute approximate surface area is 125 Å². The van der Waals surface area contributed by atoms with E-state index in [9.17, 15) is 13.2 Å². The van der Waals surface area contributed by atoms with E-state index in [1.807, 2.05) is 19.1 Å². The molecule has 5 nitrogen and oxygen atoms in total. The number of aryl methyl sites for hydroxylation is 1. The zero-order valence-electron chi connectivity index (χ0n) is 11.1. The fourth-order valence-corrected chi connectivity index (χ4v) is 3.68. The molecule has 1 aromatic heterocycles. The summed E-state index contributed by atoms with van der Waals surface area (Å²) in [6.07, 6.45) is 0. The molecule has 0 bridgehead atoms. The lowest BCUT2D eigenvalue weighted by atomic mass is 10.2. The Bertz CT molecular complexity index is 983. The fraction of sp³-hybridized carbons (Fsp3) is 0.0714. The van der Waals surface area contributed by atoms with Gasteiger partial charge in [0.2, 0.25) is 10.0 Å². The first-order valence-electron chi connectivity index (χ1n) is 6.12. The van der Waals surface area contributed by atoms with E-state index in [4.69, 9.17) is 5.14 Å². The van der Waals surface area contributed by atoms with Gasteiger partial charge in [-0.1, -0.05) is 17.6 Å². The molecule has 0 spiro atoms. The maximum Gasteiger partial charge on any atom is 0.273 e. The number of sulfonamides is 1. The van der Waals surface area contributed by atoms with E-state index in [1.54, 1.807) is 18.2 Å². The van der Waals surface area contributed by atoms with Crippen molar-refractivity contribution in [3.05, 3.63) is 58.4 Å². The van der Waals surface area contributed by atoms with Gasteiger partial charge in [-0.25, -0.2) is 17.5 Å². The monoisotopic (exact) mass is 320 g/mol. The Morgan fingerprint density at radius 2 is 1.76 bits per heavy atom. The van der Waals surface area contributed by atoms with Crippen molar-refractivity contribution in [2.24, 2.45) is 5.14 Å². The summed E-state index contributed by atoms with van der Waals surface area (Å²) in [6, 6.07) is 11.6. The highest BCUT2D eigenvalue weighted by molar-refractivity contribution is 7.89. The molecule has 0 amide bonds. The summed E-state index contributed by atoms with van der Waals surface area (Å²) in [4.78, 5) is 12.4. The van der Waals surface area contributed by atoms with Crippen molar-refractivity contribution in [3.63, 3.8) is 0 Å². The van der Waals surface area contributed by atoms with Crippen molar-refractivity contribution >= 4 is 31.6 Å². The van der Waals surface area contributed by atoms with Gasteiger partial charge in [0.15, 0.2) is 0 Å². The molecule has 2 N–H and O–H groups in total. The lowest BCUT2D eigenvalue weighted by Crippen LogP contribution is -2.13. The second-order valence-electron chi connectivity index (χ2n) is 4.73. The molecule has 0 aliphatic heterocycles. The van der Waals surface area contributed by atoms with Gasteiger partial charge in [0.1, 0.15) is 0 Å². The van der Waals surface area contributed by atoms with Crippen LogP contribution in [0.4, 0.5) is 0 Å². The van der Waals surface area contributed by atoms with Crippen molar-refractivity contribution < 1.29 is 8.42 Å². The van der Waals surface area contributed by atoms with Crippen molar-refractivity contribution in [2.45, 2.75) is 11.8 Å². The summed E-state index contributed by atoms with van der Waals surface area (Å²) in [5.74, 6) is 0. The molecule has 1 heterocycles. The summed E-state index contributed by atoms with van der Waals surface area (Å²) in [5, 5.41) is 5.71. The first-order chi connectivity index (χ1) is 9.86. The standard InChI is InChI=1S/C14H12N2O3S2/c1-9-2-7-12-13(8-9)20-16(14(12)17)10-3-5-11(6-4-10)21(15,18)19/h2-8H,1H3,(H2,15,18,19). The van der Waals surface area contributed by atoms with Crippen LogP contribution in [0.5, 0.6) is 0 Å². The van der Waals surface area contributed by atoms with E-state index in [-0.39, 0.29) is 10.5 Å². The van der Waals surface area contributed by atoms with Crippen LogP contribution in [-0.2, 0) is 10.0 Å². The van der Waals surface area contributed by atoms with Crippen LogP contribution in [0.2, 0.25) is 0 Å². The fourth-order valence-electron chi connectivity index (χ4n) is 2.07. The summed E-state index contributed by atoms with van der Waals surface area (Å²) in [7, 11) is -3.73. The van der Waals surface area contributed by atoms with Crippen LogP contribution in [0.15, 0.2) is 52.2 Å². The predicted molar refractivity (Wildman–Crippen MR) is 83.5 cm³/mol. The highest BCUT2D eigenvalue weighted by atomic mass is 32.2. The van der Waals surface area contributed by atoms with Crippen LogP contribution in [0.25, 0.3) is 15.8 Å². The maximum absolute atomic E-state index is 12.4. The number of hydrogen-bond donors (Lipinski definition) is 1. The third-order valence-electron chi connectivity index (χ3n) is 3.14. The maximum atomic E-state index is 12.4. The number of benzene rings is 2. The predicted octanol–water partition coefficient (Wildman–Crippen LogP) is 2.01. The van der Waals surface area contributed by atoms with E-state index >= 15 is 0 Å². The third kappa shape index (κ3) is 2.51. The van der Waals surface area contributed by atoms with E-state index in [2.05, 4.69) is 0 Å². The van der Waals surface area contributed by atoms with Gasteiger partial charge in [-0.15, -0.1) is 0 Å². The number of nitrogens with two attached hydrogens (primary N) is 1. The second-order valence-corrected chi connectivity index (χ2v) is 7.28. The normalized spacial score (nSPS) is 11.9. The van der Waals surface area contributed by atoms with Crippen molar-refractivity contribution in [2.75, 3.05) is 0 Å². The van der Waals surface area contributed by atoms with Crippen molar-refractivity contribution in [3.8, 4) is 5.69 Å². The van der Waals surface area contributed by atoms with Crippen LogP contribution in [-0.4, -0.2) is 12.4 Å². The molecule has 108 valence electrons. The average Bonchev–Trinajstić information content (AvgIpc) is 2.74. The second kappa shape index (κ2) is 4.80. The highest BCUT2D eigenvalue weighted by Crippen LogP contribution is 2.22. The topological polar surface area (TPSA) is 82.2 Å². The zero-order valence-corrected chi connectivity index (χ0v) is 12.7. The molecule has 0 atom stereocenters. The molecule has 21 heavy (non-hydrogen) atoms. The molecule has 3 rings (SSSR count). The first-order valence-corrected chi connectivity index (χ1v) is 8.44. The van der Waals surface area contributed by atoms with Gasteiger partial charge in [0.05, 0.1) is 20.7 Å². The molecule has 0 radical (unpaired) electrons. The zero-order chi connectivity index (χ0) is 15.2. The Morgan fingerprint density at radius 3 is 2.38 bits per heavy atom. The number of primary sulfonamides is 1. The number of hydrogen-bond acceptors (Lipinski definition) is 4. The minimum atomic E-state index is -3.73. The summed E-state index contributed by atoms with van der Waals surface area (Å²) in [5.41, 5.74) is 1.59. The number of rotatable bonds is 2. The summed E-state index contributed by atoms with van der Waals surface area (Å²) in [6.45, 7) is 1.97. The number of nitrogens with zero attached hydrogens (tertiary/aromatic N) is 1. The smallest absolute Gasteiger partial charge is 0.267 e. The molecule has 0 aliphatic carbocycles. The molecule has 3 aromatic rings. The van der Waals surface area contributed by atoms with Gasteiger partial charge in [-0.3, -0.25) is 4.79 Å². The molecule has 0 saturated carbocycles. The van der Waals surface area contributed by atoms with E-state index in [1.165, 1.54) is 27.6 Å². The van der Waals surface area contributed by atoms with Crippen molar-refractivity contribution in [1.29, 1.82) is 0 Å². The number of aromatic nitrogens is 1. The minimum Gasteiger partial charge on any atom is -0.267 e. The lowest BCUT2D eigenvalue weighted by molar-refractivity contribution is 0.598. The summed E-state index contributed by atoms with van der Waals surface area (Å²) < 4.78 is 24.9. The number of fused-ring (bicyclic) bond motifs is 1. The Morgan fingerprint density at radius 1 is 1.10 bits per heavy atom. The van der Waals surface area contributed by atoms with Gasteiger partial charge in [-0.2, -0.15) is 0 Å². The highest BCUT2D eigenvalue weighted by Gasteiger charge is 2.11. The minimum absolute atomic E-state index is 0.0243.